The quantitative estimate of drug-likeness (QED) is 0.855. The minimum absolute atomic E-state index is 0.0567. The van der Waals surface area contributed by atoms with Gasteiger partial charge < -0.3 is 10.0 Å². The van der Waals surface area contributed by atoms with Crippen LogP contribution >= 0.6 is 0 Å². The zero-order valence-corrected chi connectivity index (χ0v) is 10.5. The Hall–Kier alpha value is -1.35. The molecule has 1 atom stereocenters. The highest BCUT2D eigenvalue weighted by Gasteiger charge is 2.35. The molecule has 0 bridgehead atoms. The largest absolute Gasteiger partial charge is 0.394 e. The van der Waals surface area contributed by atoms with Gasteiger partial charge in [-0.05, 0) is 36.8 Å². The first-order chi connectivity index (χ1) is 8.79. The summed E-state index contributed by atoms with van der Waals surface area (Å²) in [5.74, 6) is 0.331. The minimum Gasteiger partial charge on any atom is -0.394 e. The Bertz CT molecular complexity index is 433. The van der Waals surface area contributed by atoms with Gasteiger partial charge in [-0.15, -0.1) is 0 Å². The SMILES string of the molecule is O=C(C1Cc2ccccc2C1)N1CCC[C@@H]1CO. The van der Waals surface area contributed by atoms with E-state index in [-0.39, 0.29) is 24.5 Å². The first-order valence-corrected chi connectivity index (χ1v) is 6.77. The van der Waals surface area contributed by atoms with Gasteiger partial charge in [0.05, 0.1) is 12.6 Å². The molecule has 0 unspecified atom stereocenters. The van der Waals surface area contributed by atoms with Gasteiger partial charge in [0.25, 0.3) is 0 Å². The molecular formula is C15H19NO2. The van der Waals surface area contributed by atoms with Crippen molar-refractivity contribution in [2.24, 2.45) is 5.92 Å². The van der Waals surface area contributed by atoms with E-state index >= 15 is 0 Å². The summed E-state index contributed by atoms with van der Waals surface area (Å²) < 4.78 is 0. The zero-order chi connectivity index (χ0) is 12.5. The molecular weight excluding hydrogens is 226 g/mol. The van der Waals surface area contributed by atoms with Crippen LogP contribution in [-0.4, -0.2) is 35.1 Å². The molecule has 1 aliphatic heterocycles. The highest BCUT2D eigenvalue weighted by Crippen LogP contribution is 2.30. The van der Waals surface area contributed by atoms with Gasteiger partial charge in [0.15, 0.2) is 0 Å². The fourth-order valence-electron chi connectivity index (χ4n) is 3.28. The predicted octanol–water partition coefficient (Wildman–Crippen LogP) is 1.38. The Morgan fingerprint density at radius 1 is 1.28 bits per heavy atom. The van der Waals surface area contributed by atoms with E-state index in [1.165, 1.54) is 11.1 Å². The molecule has 1 heterocycles. The number of aliphatic hydroxyl groups excluding tert-OH is 1. The Morgan fingerprint density at radius 2 is 1.94 bits per heavy atom. The highest BCUT2D eigenvalue weighted by molar-refractivity contribution is 5.81. The maximum Gasteiger partial charge on any atom is 0.226 e. The van der Waals surface area contributed by atoms with Crippen LogP contribution < -0.4 is 0 Å². The van der Waals surface area contributed by atoms with Crippen LogP contribution in [-0.2, 0) is 17.6 Å². The lowest BCUT2D eigenvalue weighted by Gasteiger charge is -2.26. The van der Waals surface area contributed by atoms with Crippen molar-refractivity contribution in [3.8, 4) is 0 Å². The lowest BCUT2D eigenvalue weighted by atomic mass is 10.0. The first-order valence-electron chi connectivity index (χ1n) is 6.77. The average molecular weight is 245 g/mol. The summed E-state index contributed by atoms with van der Waals surface area (Å²) in [6.07, 6.45) is 3.70. The third-order valence-electron chi connectivity index (χ3n) is 4.27. The second-order valence-corrected chi connectivity index (χ2v) is 5.38. The molecule has 1 aromatic rings. The van der Waals surface area contributed by atoms with Crippen molar-refractivity contribution >= 4 is 5.91 Å². The summed E-state index contributed by atoms with van der Waals surface area (Å²) >= 11 is 0. The first kappa shape index (κ1) is 11.7. The number of likely N-dealkylation sites (tertiary alicyclic amines) is 1. The number of nitrogens with zero attached hydrogens (tertiary/aromatic N) is 1. The number of carbonyl (C=O) groups excluding carboxylic acids is 1. The normalized spacial score (nSPS) is 23.4. The predicted molar refractivity (Wildman–Crippen MR) is 69.2 cm³/mol. The van der Waals surface area contributed by atoms with Crippen LogP contribution in [0, 0.1) is 5.92 Å². The maximum absolute atomic E-state index is 12.5. The van der Waals surface area contributed by atoms with Crippen molar-refractivity contribution in [2.45, 2.75) is 31.7 Å². The van der Waals surface area contributed by atoms with Crippen molar-refractivity contribution in [1.29, 1.82) is 0 Å². The van der Waals surface area contributed by atoms with Crippen molar-refractivity contribution in [2.75, 3.05) is 13.2 Å². The van der Waals surface area contributed by atoms with E-state index in [9.17, 15) is 9.90 Å². The van der Waals surface area contributed by atoms with Crippen LogP contribution in [0.2, 0.25) is 0 Å². The zero-order valence-electron chi connectivity index (χ0n) is 10.5. The Kier molecular flexibility index (Phi) is 3.08. The summed E-state index contributed by atoms with van der Waals surface area (Å²) in [5.41, 5.74) is 2.63. The maximum atomic E-state index is 12.5. The van der Waals surface area contributed by atoms with E-state index in [0.29, 0.717) is 0 Å². The van der Waals surface area contributed by atoms with Gasteiger partial charge in [-0.1, -0.05) is 24.3 Å². The highest BCUT2D eigenvalue weighted by atomic mass is 16.3. The molecule has 2 aliphatic rings. The van der Waals surface area contributed by atoms with Crippen LogP contribution in [0.3, 0.4) is 0 Å². The smallest absolute Gasteiger partial charge is 0.226 e. The Morgan fingerprint density at radius 3 is 2.56 bits per heavy atom. The van der Waals surface area contributed by atoms with E-state index in [1.807, 2.05) is 17.0 Å². The Labute approximate surface area is 107 Å². The Balaban J connectivity index is 1.72. The minimum atomic E-state index is 0.0567. The molecule has 1 aromatic carbocycles. The van der Waals surface area contributed by atoms with E-state index in [1.54, 1.807) is 0 Å². The third-order valence-corrected chi connectivity index (χ3v) is 4.27. The molecule has 3 nitrogen and oxygen atoms in total. The van der Waals surface area contributed by atoms with Gasteiger partial charge in [-0.3, -0.25) is 4.79 Å². The fraction of sp³-hybridized carbons (Fsp3) is 0.533. The molecule has 96 valence electrons. The number of hydrogen-bond donors (Lipinski definition) is 1. The van der Waals surface area contributed by atoms with Crippen molar-refractivity contribution in [3.05, 3.63) is 35.4 Å². The molecule has 1 amide bonds. The van der Waals surface area contributed by atoms with Crippen LogP contribution in [0.1, 0.15) is 24.0 Å². The van der Waals surface area contributed by atoms with E-state index in [0.717, 1.165) is 32.2 Å². The van der Waals surface area contributed by atoms with E-state index in [4.69, 9.17) is 0 Å². The molecule has 3 heteroatoms. The fourth-order valence-corrected chi connectivity index (χ4v) is 3.28. The molecule has 0 aromatic heterocycles. The van der Waals surface area contributed by atoms with Crippen LogP contribution in [0.4, 0.5) is 0 Å². The lowest BCUT2D eigenvalue weighted by Crippen LogP contribution is -2.41. The molecule has 0 saturated carbocycles. The summed E-state index contributed by atoms with van der Waals surface area (Å²) in [5, 5.41) is 9.31. The molecule has 1 N–H and O–H groups in total. The van der Waals surface area contributed by atoms with Crippen LogP contribution in [0.5, 0.6) is 0 Å². The number of carbonyl (C=O) groups is 1. The number of rotatable bonds is 2. The lowest BCUT2D eigenvalue weighted by molar-refractivity contribution is -0.136. The summed E-state index contributed by atoms with van der Waals surface area (Å²) in [7, 11) is 0. The second-order valence-electron chi connectivity index (χ2n) is 5.38. The van der Waals surface area contributed by atoms with Crippen molar-refractivity contribution < 1.29 is 9.90 Å². The number of fused-ring (bicyclic) bond motifs is 1. The van der Waals surface area contributed by atoms with Crippen molar-refractivity contribution in [3.63, 3.8) is 0 Å². The van der Waals surface area contributed by atoms with Gasteiger partial charge in [0, 0.05) is 12.5 Å². The van der Waals surface area contributed by atoms with Gasteiger partial charge in [-0.25, -0.2) is 0 Å². The topological polar surface area (TPSA) is 40.5 Å². The molecule has 0 spiro atoms. The summed E-state index contributed by atoms with van der Waals surface area (Å²) in [6, 6.07) is 8.38. The summed E-state index contributed by atoms with van der Waals surface area (Å²) in [4.78, 5) is 14.4. The van der Waals surface area contributed by atoms with Crippen molar-refractivity contribution in [1.82, 2.24) is 4.90 Å². The van der Waals surface area contributed by atoms with Gasteiger partial charge in [0.1, 0.15) is 0 Å². The number of amides is 1. The molecule has 18 heavy (non-hydrogen) atoms. The number of benzene rings is 1. The monoisotopic (exact) mass is 245 g/mol. The van der Waals surface area contributed by atoms with Gasteiger partial charge in [-0.2, -0.15) is 0 Å². The van der Waals surface area contributed by atoms with Gasteiger partial charge >= 0.3 is 0 Å². The molecule has 0 radical (unpaired) electrons. The van der Waals surface area contributed by atoms with Crippen LogP contribution in [0.25, 0.3) is 0 Å². The molecule has 1 aliphatic carbocycles. The van der Waals surface area contributed by atoms with Gasteiger partial charge in [0.2, 0.25) is 5.91 Å². The van der Waals surface area contributed by atoms with Crippen LogP contribution in [0.15, 0.2) is 24.3 Å². The third kappa shape index (κ3) is 1.93. The standard InChI is InChI=1S/C15H19NO2/c17-10-14-6-3-7-16(14)15(18)13-8-11-4-1-2-5-12(11)9-13/h1-2,4-5,13-14,17H,3,6-10H2/t14-/m1/s1. The molecule has 3 rings (SSSR count). The summed E-state index contributed by atoms with van der Waals surface area (Å²) in [6.45, 7) is 0.919. The van der Waals surface area contributed by atoms with E-state index in [2.05, 4.69) is 12.1 Å². The molecule has 1 saturated heterocycles. The number of hydrogen-bond acceptors (Lipinski definition) is 2. The second kappa shape index (κ2) is 4.73. The number of aliphatic hydroxyl groups is 1. The van der Waals surface area contributed by atoms with E-state index < -0.39 is 0 Å². The average Bonchev–Trinajstić information content (AvgIpc) is 3.03. The molecule has 1 fully saturated rings.